The molecule has 2 saturated heterocycles. The molecule has 2 aromatic carbocycles. The number of morpholine rings is 1. The third-order valence-corrected chi connectivity index (χ3v) is 12.9. The van der Waals surface area contributed by atoms with E-state index in [1.807, 2.05) is 15.9 Å². The fourth-order valence-electron chi connectivity index (χ4n) is 8.09. The van der Waals surface area contributed by atoms with Crippen molar-refractivity contribution >= 4 is 40.2 Å². The average Bonchev–Trinajstić information content (AvgIpc) is 3.73. The van der Waals surface area contributed by atoms with Gasteiger partial charge in [0.05, 0.1) is 36.9 Å². The lowest BCUT2D eigenvalue weighted by Gasteiger charge is -2.47. The fourth-order valence-corrected chi connectivity index (χ4v) is 9.17. The van der Waals surface area contributed by atoms with Crippen molar-refractivity contribution < 1.29 is 33.7 Å². The van der Waals surface area contributed by atoms with Crippen molar-refractivity contribution in [3.8, 4) is 11.5 Å². The number of phenols is 1. The molecule has 318 valence electrons. The normalized spacial score (nSPS) is 19.2. The predicted molar refractivity (Wildman–Crippen MR) is 229 cm³/mol. The summed E-state index contributed by atoms with van der Waals surface area (Å²) in [7, 11) is 0. The number of rotatable bonds is 20. The number of carbonyl (C=O) groups excluding carboxylic acids is 3. The van der Waals surface area contributed by atoms with Gasteiger partial charge < -0.3 is 44.7 Å². The van der Waals surface area contributed by atoms with Gasteiger partial charge in [0.2, 0.25) is 11.8 Å². The van der Waals surface area contributed by atoms with Gasteiger partial charge in [-0.05, 0) is 67.8 Å². The van der Waals surface area contributed by atoms with E-state index in [4.69, 9.17) is 19.2 Å². The molecule has 13 nitrogen and oxygen atoms in total. The van der Waals surface area contributed by atoms with Crippen molar-refractivity contribution in [2.45, 2.75) is 83.8 Å². The Balaban J connectivity index is 0.852. The van der Waals surface area contributed by atoms with Crippen molar-refractivity contribution in [2.24, 2.45) is 10.9 Å². The first kappa shape index (κ1) is 43.9. The number of anilines is 1. The largest absolute Gasteiger partial charge is 0.506 e. The van der Waals surface area contributed by atoms with Gasteiger partial charge in [0.25, 0.3) is 5.91 Å². The molecule has 14 heteroatoms. The molecule has 2 fully saturated rings. The van der Waals surface area contributed by atoms with Gasteiger partial charge in [-0.25, -0.2) is 0 Å². The zero-order chi connectivity index (χ0) is 40.9. The van der Waals surface area contributed by atoms with Gasteiger partial charge in [0.15, 0.2) is 12.4 Å². The Kier molecular flexibility index (Phi) is 16.3. The number of likely N-dealkylation sites (tertiary alicyclic amines) is 1. The van der Waals surface area contributed by atoms with Gasteiger partial charge in [-0.1, -0.05) is 57.5 Å². The van der Waals surface area contributed by atoms with Gasteiger partial charge in [0.1, 0.15) is 17.5 Å². The average molecular weight is 821 g/mol. The summed E-state index contributed by atoms with van der Waals surface area (Å²) in [5, 5.41) is 17.3. The quantitative estimate of drug-likeness (QED) is 0.129. The molecule has 58 heavy (non-hydrogen) atoms. The molecule has 1 spiro atoms. The molecule has 4 heterocycles. The van der Waals surface area contributed by atoms with Crippen molar-refractivity contribution in [1.29, 1.82) is 0 Å². The highest BCUT2D eigenvalue weighted by atomic mass is 32.2. The number of hydrogen-bond donors (Lipinski definition) is 3. The number of hydrogen-bond acceptors (Lipinski definition) is 11. The SMILES string of the molecule is CCCCN(CCNCCc1ccc(O)c2c1OCC(=O)N2)C(=O)CCOCCc1cccc(CCN2CCC3(CC2)CN(C(=O)C2CSC(C(C)C)=N2)CCO3)c1. The third-order valence-electron chi connectivity index (χ3n) is 11.6. The van der Waals surface area contributed by atoms with E-state index < -0.39 is 0 Å². The van der Waals surface area contributed by atoms with E-state index in [-0.39, 0.29) is 41.7 Å². The van der Waals surface area contributed by atoms with E-state index in [9.17, 15) is 19.5 Å². The summed E-state index contributed by atoms with van der Waals surface area (Å²) in [5.41, 5.74) is 3.55. The topological polar surface area (TPSA) is 145 Å². The van der Waals surface area contributed by atoms with Crippen molar-refractivity contribution in [3.63, 3.8) is 0 Å². The van der Waals surface area contributed by atoms with Crippen LogP contribution in [0.4, 0.5) is 5.69 Å². The molecular weight excluding hydrogens is 757 g/mol. The number of fused-ring (bicyclic) bond motifs is 1. The number of nitrogens with one attached hydrogen (secondary N) is 2. The second-order valence-corrected chi connectivity index (χ2v) is 17.3. The summed E-state index contributed by atoms with van der Waals surface area (Å²) < 4.78 is 17.9. The summed E-state index contributed by atoms with van der Waals surface area (Å²) in [6.45, 7) is 14.8. The van der Waals surface area contributed by atoms with Crippen LogP contribution in [0.1, 0.15) is 69.6 Å². The molecule has 0 saturated carbocycles. The molecule has 6 rings (SSSR count). The molecular formula is C44H64N6O7S. The molecule has 3 amide bonds. The number of phenolic OH excluding ortho intramolecular Hbond substituents is 1. The zero-order valence-electron chi connectivity index (χ0n) is 34.8. The lowest BCUT2D eigenvalue weighted by molar-refractivity contribution is -0.160. The molecule has 3 N–H and O–H groups in total. The van der Waals surface area contributed by atoms with Gasteiger partial charge in [-0.15, -0.1) is 11.8 Å². The third kappa shape index (κ3) is 12.2. The molecule has 0 aromatic heterocycles. The maximum atomic E-state index is 13.3. The van der Waals surface area contributed by atoms with Crippen LogP contribution in [0.2, 0.25) is 0 Å². The first-order valence-electron chi connectivity index (χ1n) is 21.4. The number of amides is 3. The Labute approximate surface area is 348 Å². The maximum absolute atomic E-state index is 13.3. The van der Waals surface area contributed by atoms with Crippen LogP contribution in [0.3, 0.4) is 0 Å². The minimum absolute atomic E-state index is 0.00831. The van der Waals surface area contributed by atoms with Crippen LogP contribution in [0.25, 0.3) is 0 Å². The van der Waals surface area contributed by atoms with E-state index in [1.54, 1.807) is 17.8 Å². The summed E-state index contributed by atoms with van der Waals surface area (Å²) in [6.07, 6.45) is 6.64. The molecule has 4 aliphatic rings. The lowest BCUT2D eigenvalue weighted by atomic mass is 9.89. The molecule has 1 unspecified atom stereocenters. The lowest BCUT2D eigenvalue weighted by Crippen LogP contribution is -2.59. The van der Waals surface area contributed by atoms with E-state index in [2.05, 4.69) is 60.6 Å². The van der Waals surface area contributed by atoms with Crippen LogP contribution < -0.4 is 15.4 Å². The summed E-state index contributed by atoms with van der Waals surface area (Å²) >= 11 is 1.73. The first-order valence-corrected chi connectivity index (χ1v) is 22.4. The number of aromatic hydroxyl groups is 1. The number of nitrogens with zero attached hydrogens (tertiary/aromatic N) is 4. The molecule has 0 aliphatic carbocycles. The summed E-state index contributed by atoms with van der Waals surface area (Å²) in [5.74, 6) is 1.63. The van der Waals surface area contributed by atoms with Crippen LogP contribution in [-0.4, -0.2) is 145 Å². The predicted octanol–water partition coefficient (Wildman–Crippen LogP) is 4.54. The van der Waals surface area contributed by atoms with Gasteiger partial charge >= 0.3 is 0 Å². The number of aliphatic imine (C=N–C) groups is 1. The molecule has 2 aromatic rings. The highest BCUT2D eigenvalue weighted by Gasteiger charge is 2.42. The smallest absolute Gasteiger partial charge is 0.262 e. The number of unbranched alkanes of at least 4 members (excludes halogenated alkanes) is 1. The zero-order valence-corrected chi connectivity index (χ0v) is 35.6. The van der Waals surface area contributed by atoms with Crippen LogP contribution in [0, 0.1) is 5.92 Å². The van der Waals surface area contributed by atoms with E-state index in [0.717, 1.165) is 81.1 Å². The Morgan fingerprint density at radius 1 is 1.09 bits per heavy atom. The summed E-state index contributed by atoms with van der Waals surface area (Å²) in [6, 6.07) is 11.9. The number of piperidine rings is 1. The highest BCUT2D eigenvalue weighted by Crippen LogP contribution is 2.39. The van der Waals surface area contributed by atoms with Gasteiger partial charge in [-0.2, -0.15) is 0 Å². The van der Waals surface area contributed by atoms with E-state index in [0.29, 0.717) is 82.7 Å². The highest BCUT2D eigenvalue weighted by molar-refractivity contribution is 8.14. The number of carbonyl (C=O) groups is 3. The van der Waals surface area contributed by atoms with Crippen molar-refractivity contribution in [3.05, 3.63) is 53.1 Å². The molecule has 4 aliphatic heterocycles. The fraction of sp³-hybridized carbons (Fsp3) is 0.636. The number of benzene rings is 2. The monoisotopic (exact) mass is 820 g/mol. The molecule has 1 atom stereocenters. The van der Waals surface area contributed by atoms with Gasteiger partial charge in [0, 0.05) is 64.0 Å². The van der Waals surface area contributed by atoms with Crippen LogP contribution >= 0.6 is 11.8 Å². The van der Waals surface area contributed by atoms with E-state index in [1.165, 1.54) is 11.1 Å². The van der Waals surface area contributed by atoms with Gasteiger partial charge in [-0.3, -0.25) is 19.4 Å². The first-order chi connectivity index (χ1) is 28.1. The maximum Gasteiger partial charge on any atom is 0.262 e. The second kappa shape index (κ2) is 21.5. The Bertz CT molecular complexity index is 1730. The Morgan fingerprint density at radius 2 is 1.90 bits per heavy atom. The Morgan fingerprint density at radius 3 is 2.67 bits per heavy atom. The van der Waals surface area contributed by atoms with Crippen LogP contribution in [0.5, 0.6) is 11.5 Å². The summed E-state index contributed by atoms with van der Waals surface area (Å²) in [4.78, 5) is 49.4. The van der Waals surface area contributed by atoms with Crippen LogP contribution in [-0.2, 0) is 43.1 Å². The second-order valence-electron chi connectivity index (χ2n) is 16.3. The molecule has 0 radical (unpaired) electrons. The van der Waals surface area contributed by atoms with Crippen LogP contribution in [0.15, 0.2) is 41.4 Å². The molecule has 0 bridgehead atoms. The Hall–Kier alpha value is -3.69. The van der Waals surface area contributed by atoms with E-state index >= 15 is 0 Å². The standard InChI is InChI=1S/C44H64N6O7S/c1-4-5-19-49(23-18-45-17-11-35-9-10-37(51)40-41(35)56-29-38(52)47-40)39(53)14-26-55-25-13-34-8-6-7-33(28-34)12-20-48-21-15-44(16-22-48)31-50(24-27-57-44)43(54)36-30-58-42(46-36)32(2)3/h6-10,28,32,36,45,51H,4-5,11-27,29-31H2,1-3H3,(H,47,52). The minimum atomic E-state index is -0.283. The minimum Gasteiger partial charge on any atom is -0.506 e. The van der Waals surface area contributed by atoms with Crippen molar-refractivity contribution in [1.82, 2.24) is 20.0 Å². The number of ether oxygens (including phenoxy) is 3. The number of thioether (sulfide) groups is 1. The van der Waals surface area contributed by atoms with Crippen molar-refractivity contribution in [2.75, 3.05) is 96.4 Å².